The number of hydrogen-bond donors (Lipinski definition) is 1. The fraction of sp³-hybridized carbons (Fsp3) is 0.250. The summed E-state index contributed by atoms with van der Waals surface area (Å²) >= 11 is 1.37. The highest BCUT2D eigenvalue weighted by molar-refractivity contribution is 7.09. The van der Waals surface area contributed by atoms with E-state index in [2.05, 4.69) is 9.59 Å². The number of carbonyl (C=O) groups is 1. The summed E-state index contributed by atoms with van der Waals surface area (Å²) < 4.78 is 3.83. The van der Waals surface area contributed by atoms with E-state index < -0.39 is 0 Å². The van der Waals surface area contributed by atoms with Crippen molar-refractivity contribution in [1.29, 1.82) is 0 Å². The van der Waals surface area contributed by atoms with Crippen LogP contribution in [-0.4, -0.2) is 15.5 Å². The third-order valence-electron chi connectivity index (χ3n) is 2.63. The van der Waals surface area contributed by atoms with Gasteiger partial charge in [-0.2, -0.15) is 0 Å². The Hall–Kier alpha value is -1.75. The zero-order valence-corrected chi connectivity index (χ0v) is 10.3. The number of primary amides is 1. The first kappa shape index (κ1) is 11.7. The zero-order chi connectivity index (χ0) is 12.3. The van der Waals surface area contributed by atoms with Crippen LogP contribution in [0.15, 0.2) is 30.5 Å². The minimum absolute atomic E-state index is 0.154. The normalized spacial score (nSPS) is 12.3. The molecule has 2 aromatic rings. The Morgan fingerprint density at radius 2 is 2.12 bits per heavy atom. The predicted octanol–water partition coefficient (Wildman–Crippen LogP) is 2.18. The highest BCUT2D eigenvalue weighted by atomic mass is 32.1. The molecular formula is C12H13N3OS. The van der Waals surface area contributed by atoms with Crippen molar-refractivity contribution in [2.45, 2.75) is 19.3 Å². The van der Waals surface area contributed by atoms with Crippen LogP contribution in [-0.2, 0) is 4.79 Å². The van der Waals surface area contributed by atoms with Crippen molar-refractivity contribution >= 4 is 17.4 Å². The van der Waals surface area contributed by atoms with Gasteiger partial charge in [-0.25, -0.2) is 0 Å². The van der Waals surface area contributed by atoms with Crippen molar-refractivity contribution in [3.05, 3.63) is 36.0 Å². The van der Waals surface area contributed by atoms with Gasteiger partial charge < -0.3 is 5.73 Å². The van der Waals surface area contributed by atoms with Gasteiger partial charge in [0.2, 0.25) is 5.91 Å². The van der Waals surface area contributed by atoms with Crippen LogP contribution < -0.4 is 5.73 Å². The number of benzene rings is 1. The fourth-order valence-electron chi connectivity index (χ4n) is 1.69. The monoisotopic (exact) mass is 247 g/mol. The zero-order valence-electron chi connectivity index (χ0n) is 9.46. The van der Waals surface area contributed by atoms with Gasteiger partial charge in [-0.1, -0.05) is 35.7 Å². The van der Waals surface area contributed by atoms with E-state index in [4.69, 9.17) is 5.73 Å². The van der Waals surface area contributed by atoms with Crippen LogP contribution in [0.5, 0.6) is 0 Å². The molecule has 1 heterocycles. The number of aromatic nitrogens is 2. The van der Waals surface area contributed by atoms with Crippen LogP contribution >= 0.6 is 11.5 Å². The van der Waals surface area contributed by atoms with E-state index in [-0.39, 0.29) is 11.8 Å². The van der Waals surface area contributed by atoms with E-state index >= 15 is 0 Å². The minimum atomic E-state index is -0.270. The van der Waals surface area contributed by atoms with Gasteiger partial charge in [0.05, 0.1) is 11.1 Å². The van der Waals surface area contributed by atoms with Gasteiger partial charge in [-0.15, -0.1) is 5.10 Å². The standard InChI is InChI=1S/C12H13N3OS/c1-8(6-12(13)16)9-2-4-10(5-3-9)11-7-14-15-17-11/h2-5,7-8H,6H2,1H3,(H2,13,16). The summed E-state index contributed by atoms with van der Waals surface area (Å²) in [7, 11) is 0. The van der Waals surface area contributed by atoms with E-state index in [0.29, 0.717) is 6.42 Å². The smallest absolute Gasteiger partial charge is 0.218 e. The predicted molar refractivity (Wildman–Crippen MR) is 67.6 cm³/mol. The lowest BCUT2D eigenvalue weighted by Gasteiger charge is -2.09. The average molecular weight is 247 g/mol. The summed E-state index contributed by atoms with van der Waals surface area (Å²) in [4.78, 5) is 11.9. The molecule has 0 saturated carbocycles. The topological polar surface area (TPSA) is 68.9 Å². The molecule has 1 unspecified atom stereocenters. The highest BCUT2D eigenvalue weighted by Gasteiger charge is 2.09. The molecule has 0 bridgehead atoms. The second-order valence-electron chi connectivity index (χ2n) is 3.98. The van der Waals surface area contributed by atoms with Crippen LogP contribution in [0.4, 0.5) is 0 Å². The van der Waals surface area contributed by atoms with Gasteiger partial charge in [-0.3, -0.25) is 4.79 Å². The Labute approximate surface area is 104 Å². The Bertz CT molecular complexity index is 493. The molecule has 0 aliphatic carbocycles. The van der Waals surface area contributed by atoms with Crippen LogP contribution in [0.2, 0.25) is 0 Å². The summed E-state index contributed by atoms with van der Waals surface area (Å²) in [6.07, 6.45) is 2.12. The highest BCUT2D eigenvalue weighted by Crippen LogP contribution is 2.25. The number of carbonyl (C=O) groups excluding carboxylic acids is 1. The largest absolute Gasteiger partial charge is 0.370 e. The molecule has 0 aliphatic heterocycles. The van der Waals surface area contributed by atoms with Crippen molar-refractivity contribution in [2.75, 3.05) is 0 Å². The van der Waals surface area contributed by atoms with Gasteiger partial charge in [0, 0.05) is 6.42 Å². The third kappa shape index (κ3) is 2.88. The summed E-state index contributed by atoms with van der Waals surface area (Å²) in [6, 6.07) is 8.06. The number of nitrogens with two attached hydrogens (primary N) is 1. The molecule has 1 aromatic carbocycles. The van der Waals surface area contributed by atoms with Gasteiger partial charge in [0.25, 0.3) is 0 Å². The van der Waals surface area contributed by atoms with Crippen LogP contribution in [0.3, 0.4) is 0 Å². The number of hydrogen-bond acceptors (Lipinski definition) is 4. The number of nitrogens with zero attached hydrogens (tertiary/aromatic N) is 2. The van der Waals surface area contributed by atoms with Gasteiger partial charge >= 0.3 is 0 Å². The molecule has 0 fully saturated rings. The fourth-order valence-corrected chi connectivity index (χ4v) is 2.21. The maximum Gasteiger partial charge on any atom is 0.218 e. The molecule has 0 spiro atoms. The average Bonchev–Trinajstić information content (AvgIpc) is 2.82. The first-order valence-corrected chi connectivity index (χ1v) is 6.10. The Kier molecular flexibility index (Phi) is 3.49. The van der Waals surface area contributed by atoms with Crippen molar-refractivity contribution in [3.63, 3.8) is 0 Å². The van der Waals surface area contributed by atoms with E-state index in [1.54, 1.807) is 6.20 Å². The SMILES string of the molecule is CC(CC(N)=O)c1ccc(-c2cnns2)cc1. The molecular weight excluding hydrogens is 234 g/mol. The van der Waals surface area contributed by atoms with Crippen LogP contribution in [0.25, 0.3) is 10.4 Å². The first-order valence-electron chi connectivity index (χ1n) is 5.33. The molecule has 0 radical (unpaired) electrons. The summed E-state index contributed by atoms with van der Waals surface area (Å²) in [5.74, 6) is -0.116. The molecule has 0 aliphatic rings. The number of amides is 1. The second kappa shape index (κ2) is 5.05. The van der Waals surface area contributed by atoms with Gasteiger partial charge in [0.1, 0.15) is 0 Å². The Balaban J connectivity index is 2.15. The molecule has 1 aromatic heterocycles. The molecule has 4 nitrogen and oxygen atoms in total. The van der Waals surface area contributed by atoms with E-state index in [1.807, 2.05) is 31.2 Å². The molecule has 5 heteroatoms. The van der Waals surface area contributed by atoms with Crippen molar-refractivity contribution < 1.29 is 4.79 Å². The lowest BCUT2D eigenvalue weighted by molar-refractivity contribution is -0.118. The Morgan fingerprint density at radius 3 is 2.65 bits per heavy atom. The summed E-state index contributed by atoms with van der Waals surface area (Å²) in [5.41, 5.74) is 7.39. The third-order valence-corrected chi connectivity index (χ3v) is 3.35. The van der Waals surface area contributed by atoms with Crippen LogP contribution in [0, 0.1) is 0 Å². The van der Waals surface area contributed by atoms with E-state index in [0.717, 1.165) is 16.0 Å². The molecule has 88 valence electrons. The lowest BCUT2D eigenvalue weighted by atomic mass is 9.96. The summed E-state index contributed by atoms with van der Waals surface area (Å²) in [6.45, 7) is 1.99. The molecule has 17 heavy (non-hydrogen) atoms. The number of rotatable bonds is 4. The van der Waals surface area contributed by atoms with Crippen LogP contribution in [0.1, 0.15) is 24.8 Å². The molecule has 1 amide bonds. The van der Waals surface area contributed by atoms with Gasteiger partial charge in [-0.05, 0) is 28.6 Å². The first-order chi connectivity index (χ1) is 8.16. The van der Waals surface area contributed by atoms with E-state index in [9.17, 15) is 4.79 Å². The van der Waals surface area contributed by atoms with E-state index in [1.165, 1.54) is 11.5 Å². The van der Waals surface area contributed by atoms with Crippen molar-refractivity contribution in [3.8, 4) is 10.4 Å². The van der Waals surface area contributed by atoms with Crippen molar-refractivity contribution in [1.82, 2.24) is 9.59 Å². The second-order valence-corrected chi connectivity index (χ2v) is 4.76. The molecule has 2 N–H and O–H groups in total. The van der Waals surface area contributed by atoms with Gasteiger partial charge in [0.15, 0.2) is 0 Å². The molecule has 0 saturated heterocycles. The molecule has 1 atom stereocenters. The quantitative estimate of drug-likeness (QED) is 0.900. The minimum Gasteiger partial charge on any atom is -0.370 e. The lowest BCUT2D eigenvalue weighted by Crippen LogP contribution is -2.13. The Morgan fingerprint density at radius 1 is 1.41 bits per heavy atom. The maximum absolute atomic E-state index is 10.8. The van der Waals surface area contributed by atoms with Crippen molar-refractivity contribution in [2.24, 2.45) is 5.73 Å². The maximum atomic E-state index is 10.8. The molecule has 2 rings (SSSR count). The summed E-state index contributed by atoms with van der Waals surface area (Å²) in [5, 5.41) is 3.80.